The van der Waals surface area contributed by atoms with Crippen molar-refractivity contribution in [3.63, 3.8) is 0 Å². The van der Waals surface area contributed by atoms with Crippen LogP contribution in [0.5, 0.6) is 0 Å². The first kappa shape index (κ1) is 35.7. The number of amides is 2. The Morgan fingerprint density at radius 3 is 2.44 bits per heavy atom. The number of ketones is 1. The van der Waals surface area contributed by atoms with Gasteiger partial charge in [0.1, 0.15) is 17.9 Å². The highest BCUT2D eigenvalue weighted by molar-refractivity contribution is 8.00. The number of ether oxygens (including phenoxy) is 4. The quantitative estimate of drug-likeness (QED) is 0.0494. The smallest absolute Gasteiger partial charge is 0.434 e. The van der Waals surface area contributed by atoms with Crippen molar-refractivity contribution in [2.75, 3.05) is 39.7 Å². The summed E-state index contributed by atoms with van der Waals surface area (Å²) in [4.78, 5) is 69.9. The molecule has 18 heteroatoms. The molecule has 3 rings (SSSR count). The van der Waals surface area contributed by atoms with Crippen LogP contribution in [0.2, 0.25) is 0 Å². The topological polar surface area (TPSA) is 194 Å². The summed E-state index contributed by atoms with van der Waals surface area (Å²) in [6.07, 6.45) is -0.908. The average molecular weight is 674 g/mol. The van der Waals surface area contributed by atoms with E-state index in [9.17, 15) is 32.4 Å². The summed E-state index contributed by atoms with van der Waals surface area (Å²) in [6, 6.07) is 5.34. The van der Waals surface area contributed by atoms with Crippen LogP contribution in [-0.2, 0) is 57.4 Å². The van der Waals surface area contributed by atoms with Gasteiger partial charge >= 0.3 is 28.1 Å². The molecule has 0 saturated carbocycles. The van der Waals surface area contributed by atoms with Gasteiger partial charge in [-0.15, -0.1) is 16.0 Å². The van der Waals surface area contributed by atoms with Crippen LogP contribution in [0.25, 0.3) is 0 Å². The van der Waals surface area contributed by atoms with E-state index < -0.39 is 68.7 Å². The van der Waals surface area contributed by atoms with Crippen LogP contribution < -0.4 is 0 Å². The number of β-lactam (4-membered cyclic amide) rings is 1. The Morgan fingerprint density at radius 2 is 1.84 bits per heavy atom. The zero-order chi connectivity index (χ0) is 33.4. The first-order valence-corrected chi connectivity index (χ1v) is 16.2. The number of fused-ring (bicyclic) bond motifs is 1. The van der Waals surface area contributed by atoms with Gasteiger partial charge in [-0.25, -0.2) is 4.79 Å². The molecule has 3 unspecified atom stereocenters. The predicted octanol–water partition coefficient (Wildman–Crippen LogP) is 1.49. The lowest BCUT2D eigenvalue weighted by Crippen LogP contribution is -2.75. The summed E-state index contributed by atoms with van der Waals surface area (Å²) in [5.74, 6) is -3.84. The van der Waals surface area contributed by atoms with Gasteiger partial charge in [0.25, 0.3) is 5.91 Å². The highest BCUT2D eigenvalue weighted by Gasteiger charge is 2.61. The number of methoxy groups -OCH3 is 1. The Bertz CT molecular complexity index is 1410. The second-order valence-electron chi connectivity index (χ2n) is 10.0. The molecule has 1 aromatic carbocycles. The summed E-state index contributed by atoms with van der Waals surface area (Å²) in [5, 5.41) is 2.79. The summed E-state index contributed by atoms with van der Waals surface area (Å²) in [7, 11) is -2.24. The van der Waals surface area contributed by atoms with Gasteiger partial charge in [0.05, 0.1) is 18.1 Å². The standard InChI is InChI=1S/C27H35N3O13S2/c1-6-7-13-40-26(35)42-18(3)41-25(34)27(15-38-4)14-29-23(33)21(24(29)44-16-27)30(22(32)20(17(2)31)28-39-5)43-45(36,37)19-11-9-8-10-12-19/h8-12,18,21,24H,6-7,13-16H2,1-5H3/t18?,21?,24-,27?/m1/s1. The maximum absolute atomic E-state index is 13.5. The van der Waals surface area contributed by atoms with Gasteiger partial charge in [-0.3, -0.25) is 19.2 Å². The van der Waals surface area contributed by atoms with Gasteiger partial charge < -0.3 is 28.7 Å². The SMILES string of the molecule is CCCCOC(=O)OC(C)OC(=O)C1(COC)CS[C@@H]2C(N(OS(=O)(=O)c3ccccc3)C(=O)C(=NOC)C(C)=O)C(=O)N2C1. The number of Topliss-reactive ketones (excluding diaryl/α,β-unsaturated/α-hetero) is 1. The lowest BCUT2D eigenvalue weighted by atomic mass is 9.87. The van der Waals surface area contributed by atoms with E-state index in [1.807, 2.05) is 6.92 Å². The fourth-order valence-corrected chi connectivity index (χ4v) is 6.89. The first-order chi connectivity index (χ1) is 21.3. The molecule has 0 aliphatic carbocycles. The summed E-state index contributed by atoms with van der Waals surface area (Å²) >= 11 is 1.02. The molecule has 1 aromatic rings. The Kier molecular flexibility index (Phi) is 12.3. The highest BCUT2D eigenvalue weighted by atomic mass is 32.2. The Hall–Kier alpha value is -3.74. The van der Waals surface area contributed by atoms with E-state index in [4.69, 9.17) is 23.2 Å². The number of nitrogens with zero attached hydrogens (tertiary/aromatic N) is 3. The second-order valence-corrected chi connectivity index (χ2v) is 12.7. The van der Waals surface area contributed by atoms with Gasteiger partial charge in [0, 0.05) is 33.3 Å². The van der Waals surface area contributed by atoms with Crippen LogP contribution in [0.3, 0.4) is 0 Å². The van der Waals surface area contributed by atoms with Crippen molar-refractivity contribution >= 4 is 57.3 Å². The number of thioether (sulfide) groups is 1. The fourth-order valence-electron chi connectivity index (χ4n) is 4.39. The molecule has 4 atom stereocenters. The fraction of sp³-hybridized carbons (Fsp3) is 0.556. The lowest BCUT2D eigenvalue weighted by molar-refractivity contribution is -0.195. The monoisotopic (exact) mass is 673 g/mol. The molecule has 0 N–H and O–H groups in total. The average Bonchev–Trinajstić information content (AvgIpc) is 2.99. The number of hydrogen-bond acceptors (Lipinski definition) is 15. The Labute approximate surface area is 264 Å². The third-order valence-electron chi connectivity index (χ3n) is 6.61. The van der Waals surface area contributed by atoms with Crippen molar-refractivity contribution in [3.05, 3.63) is 30.3 Å². The van der Waals surface area contributed by atoms with E-state index in [-0.39, 0.29) is 30.4 Å². The minimum Gasteiger partial charge on any atom is -0.434 e. The largest absolute Gasteiger partial charge is 0.511 e. The van der Waals surface area contributed by atoms with Crippen LogP contribution >= 0.6 is 11.8 Å². The molecule has 45 heavy (non-hydrogen) atoms. The third-order valence-corrected chi connectivity index (χ3v) is 9.38. The number of unbranched alkanes of at least 4 members (excludes halogenated alkanes) is 1. The van der Waals surface area contributed by atoms with Crippen LogP contribution in [0.1, 0.15) is 33.6 Å². The summed E-state index contributed by atoms with van der Waals surface area (Å²) < 4.78 is 51.9. The maximum Gasteiger partial charge on any atom is 0.511 e. The molecule has 2 aliphatic heterocycles. The molecule has 2 amide bonds. The normalized spacial score (nSPS) is 21.9. The van der Waals surface area contributed by atoms with Crippen LogP contribution in [0.4, 0.5) is 4.79 Å². The summed E-state index contributed by atoms with van der Waals surface area (Å²) in [5.41, 5.74) is -2.24. The number of rotatable bonds is 15. The molecule has 2 saturated heterocycles. The molecule has 2 heterocycles. The number of carbonyl (C=O) groups is 5. The van der Waals surface area contributed by atoms with Gasteiger partial charge in [-0.2, -0.15) is 13.5 Å². The molecule has 248 valence electrons. The zero-order valence-corrected chi connectivity index (χ0v) is 27.0. The molecular weight excluding hydrogens is 638 g/mol. The van der Waals surface area contributed by atoms with Crippen molar-refractivity contribution in [3.8, 4) is 0 Å². The highest BCUT2D eigenvalue weighted by Crippen LogP contribution is 2.45. The van der Waals surface area contributed by atoms with Crippen LogP contribution in [-0.4, -0.2) is 111 Å². The number of hydroxylamine groups is 2. The molecule has 2 aliphatic rings. The number of carbonyl (C=O) groups excluding carboxylic acids is 5. The van der Waals surface area contributed by atoms with Crippen LogP contribution in [0.15, 0.2) is 40.4 Å². The molecule has 0 bridgehead atoms. The minimum absolute atomic E-state index is 0.0164. The van der Waals surface area contributed by atoms with E-state index in [1.165, 1.54) is 43.2 Å². The zero-order valence-electron chi connectivity index (χ0n) is 25.3. The lowest BCUT2D eigenvalue weighted by Gasteiger charge is -2.55. The molecular formula is C27H35N3O13S2. The van der Waals surface area contributed by atoms with Crippen molar-refractivity contribution < 1.29 is 60.5 Å². The van der Waals surface area contributed by atoms with E-state index >= 15 is 0 Å². The Balaban J connectivity index is 1.83. The predicted molar refractivity (Wildman–Crippen MR) is 156 cm³/mol. The molecule has 16 nitrogen and oxygen atoms in total. The van der Waals surface area contributed by atoms with Gasteiger partial charge in [0.15, 0.2) is 11.8 Å². The van der Waals surface area contributed by atoms with Gasteiger partial charge in [-0.1, -0.05) is 36.7 Å². The second kappa shape index (κ2) is 15.5. The first-order valence-electron chi connectivity index (χ1n) is 13.7. The molecule has 0 spiro atoms. The van der Waals surface area contributed by atoms with Gasteiger partial charge in [0.2, 0.25) is 12.0 Å². The number of oxime groups is 1. The molecule has 0 aromatic heterocycles. The van der Waals surface area contributed by atoms with Crippen molar-refractivity contribution in [1.82, 2.24) is 9.96 Å². The molecule has 0 radical (unpaired) electrons. The van der Waals surface area contributed by atoms with E-state index in [0.717, 1.165) is 32.2 Å². The summed E-state index contributed by atoms with van der Waals surface area (Å²) in [6.45, 7) is 3.94. The molecule has 2 fully saturated rings. The maximum atomic E-state index is 13.5. The number of benzene rings is 1. The van der Waals surface area contributed by atoms with Crippen molar-refractivity contribution in [1.29, 1.82) is 0 Å². The minimum atomic E-state index is -4.66. The van der Waals surface area contributed by atoms with Crippen LogP contribution in [0, 0.1) is 5.41 Å². The van der Waals surface area contributed by atoms with Crippen molar-refractivity contribution in [2.24, 2.45) is 10.6 Å². The Morgan fingerprint density at radius 1 is 1.16 bits per heavy atom. The number of esters is 1. The number of hydrogen-bond donors (Lipinski definition) is 0. The van der Waals surface area contributed by atoms with Gasteiger partial charge in [-0.05, 0) is 18.6 Å². The van der Waals surface area contributed by atoms with E-state index in [0.29, 0.717) is 11.5 Å². The van der Waals surface area contributed by atoms with E-state index in [2.05, 4.69) is 9.99 Å². The van der Waals surface area contributed by atoms with Crippen molar-refractivity contribution in [2.45, 2.75) is 56.2 Å². The van der Waals surface area contributed by atoms with E-state index in [1.54, 1.807) is 6.07 Å². The third kappa shape index (κ3) is 8.30.